The van der Waals surface area contributed by atoms with Crippen molar-refractivity contribution in [2.75, 3.05) is 13.2 Å². The Labute approximate surface area is 116 Å². The van der Waals surface area contributed by atoms with Gasteiger partial charge in [-0.3, -0.25) is 0 Å². The minimum absolute atomic E-state index is 0.0961. The lowest BCUT2D eigenvalue weighted by atomic mass is 9.97. The number of aliphatic hydroxyl groups excluding tert-OH is 2. The average molecular weight is 278 g/mol. The molecule has 19 heavy (non-hydrogen) atoms. The summed E-state index contributed by atoms with van der Waals surface area (Å²) in [7, 11) is 0. The van der Waals surface area contributed by atoms with Crippen LogP contribution in [0.3, 0.4) is 0 Å². The molecule has 1 rings (SSSR count). The summed E-state index contributed by atoms with van der Waals surface area (Å²) in [4.78, 5) is 0. The molecule has 5 unspecified atom stereocenters. The summed E-state index contributed by atoms with van der Waals surface area (Å²) in [5.74, 6) is 0. The van der Waals surface area contributed by atoms with E-state index in [1.54, 1.807) is 6.08 Å². The number of rotatable bonds is 4. The Kier molecular flexibility index (Phi) is 13.7. The van der Waals surface area contributed by atoms with E-state index in [2.05, 4.69) is 6.58 Å². The Morgan fingerprint density at radius 1 is 1.21 bits per heavy atom. The fraction of sp³-hybridized carbons (Fsp3) is 0.846. The first kappa shape index (κ1) is 20.8. The van der Waals surface area contributed by atoms with Crippen LogP contribution in [-0.2, 0) is 9.47 Å². The van der Waals surface area contributed by atoms with Crippen molar-refractivity contribution in [3.63, 3.8) is 0 Å². The fourth-order valence-electron chi connectivity index (χ4n) is 1.46. The van der Waals surface area contributed by atoms with Gasteiger partial charge in [0.25, 0.3) is 0 Å². The topological polar surface area (TPSA) is 111 Å². The molecule has 0 saturated carbocycles. The van der Waals surface area contributed by atoms with Crippen molar-refractivity contribution in [1.29, 1.82) is 0 Å². The molecule has 0 amide bonds. The third-order valence-corrected chi connectivity index (χ3v) is 2.36. The first-order valence-electron chi connectivity index (χ1n) is 6.81. The minimum Gasteiger partial charge on any atom is -0.388 e. The third-order valence-electron chi connectivity index (χ3n) is 2.36. The van der Waals surface area contributed by atoms with Crippen LogP contribution in [-0.4, -0.2) is 54.0 Å². The highest BCUT2D eigenvalue weighted by Gasteiger charge is 2.42. The molecule has 5 atom stereocenters. The predicted octanol–water partition coefficient (Wildman–Crippen LogP) is -0.0259. The van der Waals surface area contributed by atoms with Crippen LogP contribution in [0, 0.1) is 0 Å². The van der Waals surface area contributed by atoms with Crippen molar-refractivity contribution in [3.05, 3.63) is 12.7 Å². The monoisotopic (exact) mass is 278 g/mol. The smallest absolute Gasteiger partial charge is 0.176 e. The van der Waals surface area contributed by atoms with Crippen molar-refractivity contribution in [2.24, 2.45) is 11.5 Å². The molecule has 0 aromatic rings. The zero-order valence-corrected chi connectivity index (χ0v) is 12.5. The molecule has 1 heterocycles. The highest BCUT2D eigenvalue weighted by Crippen LogP contribution is 2.20. The maximum absolute atomic E-state index is 9.60. The zero-order chi connectivity index (χ0) is 15.4. The van der Waals surface area contributed by atoms with E-state index >= 15 is 0 Å². The van der Waals surface area contributed by atoms with E-state index in [0.29, 0.717) is 0 Å². The van der Waals surface area contributed by atoms with Gasteiger partial charge in [0.15, 0.2) is 6.29 Å². The third kappa shape index (κ3) is 6.47. The van der Waals surface area contributed by atoms with E-state index in [1.165, 1.54) is 0 Å². The highest BCUT2D eigenvalue weighted by molar-refractivity contribution is 4.92. The second kappa shape index (κ2) is 12.5. The molecule has 116 valence electrons. The van der Waals surface area contributed by atoms with E-state index in [0.717, 1.165) is 0 Å². The van der Waals surface area contributed by atoms with Crippen LogP contribution < -0.4 is 11.5 Å². The molecule has 1 saturated heterocycles. The van der Waals surface area contributed by atoms with Crippen LogP contribution in [0.25, 0.3) is 0 Å². The van der Waals surface area contributed by atoms with Gasteiger partial charge in [0, 0.05) is 6.54 Å². The SMILES string of the molecule is C=CCOC1OC(CN)C(O)C(O)C1N.CC.CC. The van der Waals surface area contributed by atoms with Gasteiger partial charge in [-0.15, -0.1) is 6.58 Å². The van der Waals surface area contributed by atoms with Crippen LogP contribution in [0.5, 0.6) is 0 Å². The van der Waals surface area contributed by atoms with Gasteiger partial charge in [-0.05, 0) is 0 Å². The number of hydrogen-bond acceptors (Lipinski definition) is 6. The molecule has 0 bridgehead atoms. The molecule has 1 aliphatic rings. The largest absolute Gasteiger partial charge is 0.388 e. The van der Waals surface area contributed by atoms with Gasteiger partial charge in [-0.1, -0.05) is 33.8 Å². The zero-order valence-electron chi connectivity index (χ0n) is 12.5. The predicted molar refractivity (Wildman–Crippen MR) is 76.5 cm³/mol. The summed E-state index contributed by atoms with van der Waals surface area (Å²) < 4.78 is 10.5. The van der Waals surface area contributed by atoms with Crippen molar-refractivity contribution in [1.82, 2.24) is 0 Å². The molecule has 6 nitrogen and oxygen atoms in total. The number of nitrogens with two attached hydrogens (primary N) is 2. The maximum atomic E-state index is 9.60. The molecule has 0 radical (unpaired) electrons. The Hall–Kier alpha value is -0.500. The van der Waals surface area contributed by atoms with Gasteiger partial charge >= 0.3 is 0 Å². The van der Waals surface area contributed by atoms with Gasteiger partial charge in [0.05, 0.1) is 12.6 Å². The lowest BCUT2D eigenvalue weighted by Gasteiger charge is -2.40. The van der Waals surface area contributed by atoms with Crippen LogP contribution in [0.4, 0.5) is 0 Å². The quantitative estimate of drug-likeness (QED) is 0.538. The Bertz CT molecular complexity index is 215. The van der Waals surface area contributed by atoms with E-state index in [1.807, 2.05) is 27.7 Å². The summed E-state index contributed by atoms with van der Waals surface area (Å²) in [6, 6.07) is -0.789. The molecule has 0 spiro atoms. The van der Waals surface area contributed by atoms with E-state index in [4.69, 9.17) is 20.9 Å². The fourth-order valence-corrected chi connectivity index (χ4v) is 1.46. The van der Waals surface area contributed by atoms with Crippen molar-refractivity contribution in [2.45, 2.75) is 58.3 Å². The molecule has 0 aliphatic carbocycles. The van der Waals surface area contributed by atoms with Crippen LogP contribution >= 0.6 is 0 Å². The van der Waals surface area contributed by atoms with Gasteiger partial charge < -0.3 is 31.2 Å². The maximum Gasteiger partial charge on any atom is 0.176 e. The average Bonchev–Trinajstić information content (AvgIpc) is 2.48. The van der Waals surface area contributed by atoms with E-state index in [-0.39, 0.29) is 13.2 Å². The van der Waals surface area contributed by atoms with Crippen LogP contribution in [0.2, 0.25) is 0 Å². The van der Waals surface area contributed by atoms with Gasteiger partial charge in [0.1, 0.15) is 18.3 Å². The number of aliphatic hydroxyl groups is 2. The minimum atomic E-state index is -1.10. The molecule has 0 aromatic heterocycles. The number of hydrogen-bond donors (Lipinski definition) is 4. The second-order valence-electron chi connectivity index (χ2n) is 3.46. The Balaban J connectivity index is 0. The van der Waals surface area contributed by atoms with Crippen LogP contribution in [0.15, 0.2) is 12.7 Å². The van der Waals surface area contributed by atoms with Crippen molar-refractivity contribution < 1.29 is 19.7 Å². The van der Waals surface area contributed by atoms with E-state index < -0.39 is 30.6 Å². The normalized spacial score (nSPS) is 33.4. The molecule has 1 aliphatic heterocycles. The molecular formula is C13H30N2O4. The van der Waals surface area contributed by atoms with Crippen LogP contribution in [0.1, 0.15) is 27.7 Å². The highest BCUT2D eigenvalue weighted by atomic mass is 16.7. The number of ether oxygens (including phenoxy) is 2. The molecule has 1 fully saturated rings. The molecular weight excluding hydrogens is 248 g/mol. The lowest BCUT2D eigenvalue weighted by Crippen LogP contribution is -2.63. The first-order valence-corrected chi connectivity index (χ1v) is 6.81. The van der Waals surface area contributed by atoms with E-state index in [9.17, 15) is 10.2 Å². The van der Waals surface area contributed by atoms with Crippen molar-refractivity contribution in [3.8, 4) is 0 Å². The Morgan fingerprint density at radius 2 is 1.74 bits per heavy atom. The summed E-state index contributed by atoms with van der Waals surface area (Å²) in [6.45, 7) is 11.8. The van der Waals surface area contributed by atoms with Gasteiger partial charge in [0.2, 0.25) is 0 Å². The van der Waals surface area contributed by atoms with Gasteiger partial charge in [-0.25, -0.2) is 0 Å². The summed E-state index contributed by atoms with van der Waals surface area (Å²) in [6.07, 6.45) is -2.05. The molecule has 6 N–H and O–H groups in total. The van der Waals surface area contributed by atoms with Gasteiger partial charge in [-0.2, -0.15) is 0 Å². The first-order chi connectivity index (χ1) is 9.11. The second-order valence-corrected chi connectivity index (χ2v) is 3.46. The Morgan fingerprint density at radius 3 is 2.16 bits per heavy atom. The van der Waals surface area contributed by atoms with Crippen molar-refractivity contribution >= 4 is 0 Å². The summed E-state index contributed by atoms with van der Waals surface area (Å²) in [5, 5.41) is 19.1. The summed E-state index contributed by atoms with van der Waals surface area (Å²) >= 11 is 0. The standard InChI is InChI=1S/C9H18N2O4.2C2H6/c1-2-3-14-9-6(11)8(13)7(12)5(4-10)15-9;2*1-2/h2,5-9,12-13H,1,3-4,10-11H2;2*1-2H3. The summed E-state index contributed by atoms with van der Waals surface area (Å²) in [5.41, 5.74) is 11.0. The molecule has 0 aromatic carbocycles. The lowest BCUT2D eigenvalue weighted by molar-refractivity contribution is -0.253. The molecule has 6 heteroatoms.